The molecule has 0 amide bonds. The maximum Gasteiger partial charge on any atom is 0.286 e. The van der Waals surface area contributed by atoms with Crippen molar-refractivity contribution in [2.24, 2.45) is 0 Å². The van der Waals surface area contributed by atoms with Crippen molar-refractivity contribution in [3.05, 3.63) is 34.3 Å². The van der Waals surface area contributed by atoms with Gasteiger partial charge in [0.25, 0.3) is 5.15 Å². The molecule has 3 heteroatoms. The predicted molar refractivity (Wildman–Crippen MR) is 35.1 cm³/mol. The predicted octanol–water partition coefficient (Wildman–Crippen LogP) is 1.28. The highest BCUT2D eigenvalue weighted by Gasteiger charge is 1.97. The Hall–Kier alpha value is -0.760. The molecular formula is C6H6ClNO. The molecule has 48 valence electrons. The molecule has 1 aromatic heterocycles. The first-order valence-electron chi connectivity index (χ1n) is 2.55. The van der Waals surface area contributed by atoms with Crippen molar-refractivity contribution in [2.75, 3.05) is 0 Å². The van der Waals surface area contributed by atoms with Crippen LogP contribution in [0, 0.1) is 12.1 Å². The Morgan fingerprint density at radius 2 is 2.33 bits per heavy atom. The minimum Gasteiger partial charge on any atom is -0.618 e. The molecule has 0 spiro atoms. The monoisotopic (exact) mass is 143 g/mol. The second kappa shape index (κ2) is 2.23. The van der Waals surface area contributed by atoms with Gasteiger partial charge in [-0.3, -0.25) is 0 Å². The van der Waals surface area contributed by atoms with Gasteiger partial charge in [0.2, 0.25) is 0 Å². The molecule has 0 saturated heterocycles. The van der Waals surface area contributed by atoms with Crippen molar-refractivity contribution in [3.63, 3.8) is 0 Å². The zero-order valence-electron chi connectivity index (χ0n) is 4.97. The molecule has 0 fully saturated rings. The van der Waals surface area contributed by atoms with Gasteiger partial charge in [0.1, 0.15) is 0 Å². The van der Waals surface area contributed by atoms with Gasteiger partial charge in [0, 0.05) is 12.1 Å². The van der Waals surface area contributed by atoms with Gasteiger partial charge in [-0.15, -0.1) is 0 Å². The van der Waals surface area contributed by atoms with Crippen molar-refractivity contribution in [1.82, 2.24) is 0 Å². The van der Waals surface area contributed by atoms with Crippen LogP contribution in [0.15, 0.2) is 18.3 Å². The lowest BCUT2D eigenvalue weighted by molar-refractivity contribution is -0.603. The van der Waals surface area contributed by atoms with Gasteiger partial charge in [-0.25, -0.2) is 0 Å². The third kappa shape index (κ3) is 1.33. The lowest BCUT2D eigenvalue weighted by atomic mass is 10.3. The first-order chi connectivity index (χ1) is 4.20. The van der Waals surface area contributed by atoms with E-state index in [1.54, 1.807) is 12.1 Å². The number of aromatic nitrogens is 1. The SMILES string of the molecule is Cc1cc[n+]([O-])c(Cl)c1. The van der Waals surface area contributed by atoms with Crippen LogP contribution >= 0.6 is 11.6 Å². The Bertz CT molecular complexity index is 224. The van der Waals surface area contributed by atoms with Gasteiger partial charge < -0.3 is 5.21 Å². The summed E-state index contributed by atoms with van der Waals surface area (Å²) < 4.78 is 0.620. The zero-order chi connectivity index (χ0) is 6.85. The highest BCUT2D eigenvalue weighted by Crippen LogP contribution is 2.02. The standard InChI is InChI=1S/C6H6ClNO/c1-5-2-3-8(9)6(7)4-5/h2-4H,1H3. The Balaban J connectivity index is 3.17. The molecule has 0 atom stereocenters. The van der Waals surface area contributed by atoms with Gasteiger partial charge in [-0.1, -0.05) is 0 Å². The summed E-state index contributed by atoms with van der Waals surface area (Å²) in [6.07, 6.45) is 1.39. The highest BCUT2D eigenvalue weighted by molar-refractivity contribution is 6.28. The number of hydrogen-bond donors (Lipinski definition) is 0. The number of halogens is 1. The molecule has 0 N–H and O–H groups in total. The molecule has 0 aliphatic rings. The quantitative estimate of drug-likeness (QED) is 0.305. The maximum absolute atomic E-state index is 10.6. The smallest absolute Gasteiger partial charge is 0.286 e. The van der Waals surface area contributed by atoms with Crippen LogP contribution in [0.4, 0.5) is 0 Å². The fourth-order valence-corrected chi connectivity index (χ4v) is 0.785. The largest absolute Gasteiger partial charge is 0.618 e. The molecule has 0 aromatic carbocycles. The number of hydrogen-bond acceptors (Lipinski definition) is 1. The molecule has 0 saturated carbocycles. The van der Waals surface area contributed by atoms with Gasteiger partial charge in [0.05, 0.1) is 0 Å². The van der Waals surface area contributed by atoms with Gasteiger partial charge in [-0.2, -0.15) is 4.73 Å². The van der Waals surface area contributed by atoms with Crippen molar-refractivity contribution in [1.29, 1.82) is 0 Å². The third-order valence-corrected chi connectivity index (χ3v) is 1.31. The van der Waals surface area contributed by atoms with E-state index in [2.05, 4.69) is 0 Å². The minimum absolute atomic E-state index is 0.218. The molecular weight excluding hydrogens is 138 g/mol. The van der Waals surface area contributed by atoms with Crippen LogP contribution < -0.4 is 4.73 Å². The van der Waals surface area contributed by atoms with Crippen molar-refractivity contribution >= 4 is 11.6 Å². The van der Waals surface area contributed by atoms with E-state index in [0.29, 0.717) is 4.73 Å². The summed E-state index contributed by atoms with van der Waals surface area (Å²) in [6, 6.07) is 3.33. The van der Waals surface area contributed by atoms with Crippen LogP contribution in [0.25, 0.3) is 0 Å². The molecule has 9 heavy (non-hydrogen) atoms. The highest BCUT2D eigenvalue weighted by atomic mass is 35.5. The lowest BCUT2D eigenvalue weighted by Gasteiger charge is -1.96. The summed E-state index contributed by atoms with van der Waals surface area (Å²) in [7, 11) is 0. The van der Waals surface area contributed by atoms with E-state index in [1.165, 1.54) is 6.20 Å². The molecule has 1 rings (SSSR count). The van der Waals surface area contributed by atoms with Crippen molar-refractivity contribution < 1.29 is 4.73 Å². The summed E-state index contributed by atoms with van der Waals surface area (Å²) in [6.45, 7) is 1.88. The molecule has 0 unspecified atom stereocenters. The Labute approximate surface area is 58.3 Å². The van der Waals surface area contributed by atoms with Crippen LogP contribution in [0.5, 0.6) is 0 Å². The number of nitrogens with zero attached hydrogens (tertiary/aromatic N) is 1. The topological polar surface area (TPSA) is 26.9 Å². The molecule has 1 aromatic rings. The molecule has 2 nitrogen and oxygen atoms in total. The zero-order valence-corrected chi connectivity index (χ0v) is 5.72. The summed E-state index contributed by atoms with van der Waals surface area (Å²) in [4.78, 5) is 0. The Kier molecular flexibility index (Phi) is 1.58. The van der Waals surface area contributed by atoms with Crippen molar-refractivity contribution in [2.45, 2.75) is 6.92 Å². The average Bonchev–Trinajstić information content (AvgIpc) is 1.80. The molecule has 0 radical (unpaired) electrons. The van der Waals surface area contributed by atoms with Crippen LogP contribution in [0.1, 0.15) is 5.56 Å². The Morgan fingerprint density at radius 1 is 1.67 bits per heavy atom. The van der Waals surface area contributed by atoms with E-state index in [1.807, 2.05) is 6.92 Å². The van der Waals surface area contributed by atoms with Gasteiger partial charge in [-0.05, 0) is 24.1 Å². The van der Waals surface area contributed by atoms with Gasteiger partial charge >= 0.3 is 0 Å². The minimum atomic E-state index is 0.218. The summed E-state index contributed by atoms with van der Waals surface area (Å²) in [5, 5.41) is 10.8. The van der Waals surface area contributed by atoms with Crippen LogP contribution in [0.2, 0.25) is 5.15 Å². The second-order valence-electron chi connectivity index (χ2n) is 1.85. The van der Waals surface area contributed by atoms with Crippen LogP contribution in [-0.2, 0) is 0 Å². The molecule has 0 bridgehead atoms. The first-order valence-corrected chi connectivity index (χ1v) is 2.93. The number of aryl methyl sites for hydroxylation is 1. The molecule has 1 heterocycles. The second-order valence-corrected chi connectivity index (χ2v) is 2.24. The van der Waals surface area contributed by atoms with Crippen molar-refractivity contribution in [3.8, 4) is 0 Å². The first kappa shape index (κ1) is 6.36. The number of pyridine rings is 1. The normalized spacial score (nSPS) is 9.56. The fraction of sp³-hybridized carbons (Fsp3) is 0.167. The summed E-state index contributed by atoms with van der Waals surface area (Å²) in [5.41, 5.74) is 0.993. The Morgan fingerprint density at radius 3 is 2.78 bits per heavy atom. The number of rotatable bonds is 0. The van der Waals surface area contributed by atoms with E-state index in [-0.39, 0.29) is 5.15 Å². The van der Waals surface area contributed by atoms with E-state index < -0.39 is 0 Å². The van der Waals surface area contributed by atoms with Crippen LogP contribution in [-0.4, -0.2) is 0 Å². The average molecular weight is 144 g/mol. The summed E-state index contributed by atoms with van der Waals surface area (Å²) in [5.74, 6) is 0. The third-order valence-electron chi connectivity index (χ3n) is 1.03. The van der Waals surface area contributed by atoms with E-state index in [4.69, 9.17) is 11.6 Å². The van der Waals surface area contributed by atoms with Crippen LogP contribution in [0.3, 0.4) is 0 Å². The molecule has 0 aliphatic heterocycles. The maximum atomic E-state index is 10.6. The fourth-order valence-electron chi connectivity index (χ4n) is 0.556. The lowest BCUT2D eigenvalue weighted by Crippen LogP contribution is -2.26. The van der Waals surface area contributed by atoms with Gasteiger partial charge in [0.15, 0.2) is 6.20 Å². The van der Waals surface area contributed by atoms with E-state index in [0.717, 1.165) is 5.56 Å². The van der Waals surface area contributed by atoms with E-state index in [9.17, 15) is 5.21 Å². The molecule has 0 aliphatic carbocycles. The van der Waals surface area contributed by atoms with E-state index >= 15 is 0 Å². The summed E-state index contributed by atoms with van der Waals surface area (Å²) >= 11 is 5.46.